The molecule has 5 rings (SSSR count). The predicted molar refractivity (Wildman–Crippen MR) is 131 cm³/mol. The summed E-state index contributed by atoms with van der Waals surface area (Å²) in [6, 6.07) is 16.2. The van der Waals surface area contributed by atoms with Crippen molar-refractivity contribution in [2.75, 3.05) is 6.61 Å². The Morgan fingerprint density at radius 2 is 1.66 bits per heavy atom. The molecule has 3 aliphatic carbocycles. The minimum Gasteiger partial charge on any atom is -0.481 e. The molecule has 0 radical (unpaired) electrons. The number of carbonyl (C=O) groups excluding carboxylic acids is 2. The van der Waals surface area contributed by atoms with Gasteiger partial charge in [0.1, 0.15) is 6.61 Å². The van der Waals surface area contributed by atoms with Crippen molar-refractivity contribution in [1.29, 1.82) is 0 Å². The first-order chi connectivity index (χ1) is 16.9. The van der Waals surface area contributed by atoms with Crippen LogP contribution in [0.1, 0.15) is 56.1 Å². The van der Waals surface area contributed by atoms with Crippen molar-refractivity contribution < 1.29 is 24.2 Å². The summed E-state index contributed by atoms with van der Waals surface area (Å²) in [4.78, 5) is 36.3. The number of carboxylic acid groups (broad SMARTS) is 1. The summed E-state index contributed by atoms with van der Waals surface area (Å²) >= 11 is 0. The fourth-order valence-corrected chi connectivity index (χ4v) is 6.23. The van der Waals surface area contributed by atoms with E-state index in [0.717, 1.165) is 12.8 Å². The summed E-state index contributed by atoms with van der Waals surface area (Å²) in [6.45, 7) is 2.16. The Morgan fingerprint density at radius 1 is 1.00 bits per heavy atom. The van der Waals surface area contributed by atoms with Gasteiger partial charge in [0.25, 0.3) is 0 Å². The molecule has 1 unspecified atom stereocenters. The zero-order valence-corrected chi connectivity index (χ0v) is 19.9. The van der Waals surface area contributed by atoms with E-state index in [0.29, 0.717) is 18.8 Å². The smallest absolute Gasteiger partial charge is 0.407 e. The van der Waals surface area contributed by atoms with Gasteiger partial charge in [-0.05, 0) is 59.8 Å². The molecule has 5 atom stereocenters. The zero-order valence-electron chi connectivity index (χ0n) is 19.9. The lowest BCUT2D eigenvalue weighted by Crippen LogP contribution is -2.50. The molecule has 0 saturated heterocycles. The predicted octanol–water partition coefficient (Wildman–Crippen LogP) is 4.31. The van der Waals surface area contributed by atoms with Gasteiger partial charge in [0.2, 0.25) is 5.91 Å². The van der Waals surface area contributed by atoms with Crippen LogP contribution in [0.25, 0.3) is 11.1 Å². The minimum absolute atomic E-state index is 0.0226. The lowest BCUT2D eigenvalue weighted by Gasteiger charge is -2.40. The molecule has 2 amide bonds. The summed E-state index contributed by atoms with van der Waals surface area (Å²) in [7, 11) is 0. The molecule has 184 valence electrons. The number of alkyl carbamates (subject to hydrolysis) is 1. The van der Waals surface area contributed by atoms with Gasteiger partial charge in [-0.3, -0.25) is 9.59 Å². The number of nitrogens with one attached hydrogen (secondary N) is 2. The highest BCUT2D eigenvalue weighted by atomic mass is 16.5. The molecule has 2 aromatic rings. The molecule has 3 N–H and O–H groups in total. The van der Waals surface area contributed by atoms with Gasteiger partial charge < -0.3 is 20.5 Å². The second kappa shape index (κ2) is 9.72. The Hall–Kier alpha value is -3.35. The third-order valence-corrected chi connectivity index (χ3v) is 8.10. The molecular formula is C28H32N2O5. The van der Waals surface area contributed by atoms with E-state index in [1.54, 1.807) is 0 Å². The second-order valence-electron chi connectivity index (χ2n) is 10.1. The topological polar surface area (TPSA) is 105 Å². The molecule has 2 fully saturated rings. The van der Waals surface area contributed by atoms with Crippen LogP contribution < -0.4 is 10.6 Å². The van der Waals surface area contributed by atoms with Gasteiger partial charge in [0.15, 0.2) is 0 Å². The molecule has 0 aromatic heterocycles. The first-order valence-electron chi connectivity index (χ1n) is 12.6. The molecule has 0 bridgehead atoms. The van der Waals surface area contributed by atoms with E-state index in [2.05, 4.69) is 34.9 Å². The van der Waals surface area contributed by atoms with E-state index >= 15 is 0 Å². The van der Waals surface area contributed by atoms with Crippen molar-refractivity contribution >= 4 is 18.0 Å². The van der Waals surface area contributed by atoms with Crippen molar-refractivity contribution in [2.45, 2.75) is 57.0 Å². The lowest BCUT2D eigenvalue weighted by molar-refractivity contribution is -0.137. The fraction of sp³-hybridized carbons (Fsp3) is 0.464. The Labute approximate surface area is 205 Å². The summed E-state index contributed by atoms with van der Waals surface area (Å²) < 4.78 is 5.69. The van der Waals surface area contributed by atoms with Crippen LogP contribution in [0.3, 0.4) is 0 Å². The number of aliphatic carboxylic acids is 1. The van der Waals surface area contributed by atoms with Crippen LogP contribution in [0.2, 0.25) is 0 Å². The van der Waals surface area contributed by atoms with E-state index in [-0.39, 0.29) is 48.8 Å². The van der Waals surface area contributed by atoms with Gasteiger partial charge in [-0.25, -0.2) is 4.79 Å². The van der Waals surface area contributed by atoms with E-state index in [9.17, 15) is 14.4 Å². The molecule has 35 heavy (non-hydrogen) atoms. The summed E-state index contributed by atoms with van der Waals surface area (Å²) in [6.07, 6.45) is 2.48. The third-order valence-electron chi connectivity index (χ3n) is 8.10. The highest BCUT2D eigenvalue weighted by molar-refractivity contribution is 5.81. The Kier molecular flexibility index (Phi) is 6.50. The van der Waals surface area contributed by atoms with Gasteiger partial charge in [-0.2, -0.15) is 0 Å². The standard InChI is InChI=1S/C28H32N2O5/c1-2-18(14-26(31)32)29-27(33)17-11-16-13-25(23(16)12-17)30-28(34)35-15-24-21-9-5-3-7-19(21)20-8-4-6-10-22(20)24/h3-10,16-18,23-25H,2,11-15H2,1H3,(H,29,33)(H,30,34)(H,31,32)/t16-,17?,18-,23-,25+/m0/s1. The largest absolute Gasteiger partial charge is 0.481 e. The van der Waals surface area contributed by atoms with Gasteiger partial charge >= 0.3 is 12.1 Å². The van der Waals surface area contributed by atoms with E-state index in [1.165, 1.54) is 22.3 Å². The number of amides is 2. The number of benzene rings is 2. The number of carbonyl (C=O) groups is 3. The average Bonchev–Trinajstić information content (AvgIpc) is 3.35. The van der Waals surface area contributed by atoms with Crippen molar-refractivity contribution in [3.8, 4) is 11.1 Å². The minimum atomic E-state index is -0.906. The number of hydrogen-bond acceptors (Lipinski definition) is 4. The number of ether oxygens (including phenoxy) is 1. The maximum absolute atomic E-state index is 12.7. The van der Waals surface area contributed by atoms with Crippen LogP contribution in [0.15, 0.2) is 48.5 Å². The molecule has 3 aliphatic rings. The molecule has 2 saturated carbocycles. The van der Waals surface area contributed by atoms with Gasteiger partial charge in [-0.15, -0.1) is 0 Å². The quantitative estimate of drug-likeness (QED) is 0.527. The van der Waals surface area contributed by atoms with Crippen LogP contribution in [-0.2, 0) is 14.3 Å². The van der Waals surface area contributed by atoms with Crippen LogP contribution in [0.4, 0.5) is 4.79 Å². The van der Waals surface area contributed by atoms with E-state index in [4.69, 9.17) is 9.84 Å². The Morgan fingerprint density at radius 3 is 2.29 bits per heavy atom. The fourth-order valence-electron chi connectivity index (χ4n) is 6.23. The Bertz CT molecular complexity index is 1090. The number of hydrogen-bond donors (Lipinski definition) is 3. The van der Waals surface area contributed by atoms with Crippen molar-refractivity contribution in [2.24, 2.45) is 17.8 Å². The van der Waals surface area contributed by atoms with Crippen molar-refractivity contribution in [1.82, 2.24) is 10.6 Å². The van der Waals surface area contributed by atoms with E-state index in [1.807, 2.05) is 31.2 Å². The SMILES string of the molecule is CC[C@@H](CC(=O)O)NC(=O)C1C[C@H]2C[C@@H](NC(=O)OCC3c4ccccc4-c4ccccc43)[C@H]2C1. The van der Waals surface area contributed by atoms with Gasteiger partial charge in [0, 0.05) is 23.9 Å². The summed E-state index contributed by atoms with van der Waals surface area (Å²) in [5, 5.41) is 14.9. The monoisotopic (exact) mass is 476 g/mol. The first kappa shape index (κ1) is 23.4. The maximum atomic E-state index is 12.7. The lowest BCUT2D eigenvalue weighted by atomic mass is 9.71. The molecular weight excluding hydrogens is 444 g/mol. The summed E-state index contributed by atoms with van der Waals surface area (Å²) in [5.41, 5.74) is 4.76. The molecule has 7 heteroatoms. The summed E-state index contributed by atoms with van der Waals surface area (Å²) in [5.74, 6) is -0.375. The van der Waals surface area contributed by atoms with Crippen LogP contribution in [0.5, 0.6) is 0 Å². The second-order valence-corrected chi connectivity index (χ2v) is 10.1. The van der Waals surface area contributed by atoms with Gasteiger partial charge in [-0.1, -0.05) is 55.5 Å². The average molecular weight is 477 g/mol. The third kappa shape index (κ3) is 4.64. The van der Waals surface area contributed by atoms with Crippen LogP contribution >= 0.6 is 0 Å². The van der Waals surface area contributed by atoms with Crippen LogP contribution in [-0.4, -0.2) is 41.8 Å². The number of rotatable bonds is 8. The Balaban J connectivity index is 1.12. The molecule has 0 heterocycles. The number of carboxylic acids is 1. The normalized spacial score (nSPS) is 24.9. The molecule has 0 spiro atoms. The number of fused-ring (bicyclic) bond motifs is 4. The molecule has 0 aliphatic heterocycles. The van der Waals surface area contributed by atoms with Crippen molar-refractivity contribution in [3.63, 3.8) is 0 Å². The molecule has 7 nitrogen and oxygen atoms in total. The zero-order chi connectivity index (χ0) is 24.5. The maximum Gasteiger partial charge on any atom is 0.407 e. The first-order valence-corrected chi connectivity index (χ1v) is 12.6. The highest BCUT2D eigenvalue weighted by Crippen LogP contribution is 2.50. The highest BCUT2D eigenvalue weighted by Gasteiger charge is 2.50. The van der Waals surface area contributed by atoms with Gasteiger partial charge in [0.05, 0.1) is 6.42 Å². The molecule has 2 aromatic carbocycles. The van der Waals surface area contributed by atoms with Crippen molar-refractivity contribution in [3.05, 3.63) is 59.7 Å². The van der Waals surface area contributed by atoms with E-state index < -0.39 is 12.1 Å². The van der Waals surface area contributed by atoms with Crippen LogP contribution in [0, 0.1) is 17.8 Å².